The van der Waals surface area contributed by atoms with Crippen molar-refractivity contribution in [2.45, 2.75) is 26.9 Å². The molecule has 1 heterocycles. The van der Waals surface area contributed by atoms with Gasteiger partial charge in [0.05, 0.1) is 18.0 Å². The highest BCUT2D eigenvalue weighted by Gasteiger charge is 2.04. The minimum absolute atomic E-state index is 0.555. The Kier molecular flexibility index (Phi) is 3.63. The molecule has 0 saturated carbocycles. The van der Waals surface area contributed by atoms with Gasteiger partial charge in [0.15, 0.2) is 0 Å². The standard InChI is InChI=1S/C15H17NO2/c1-10-4-7-15(11(2)8-10)18-13-5-6-14(12(3)17)16-9-13/h4-9,12,17H,1-3H3. The van der Waals surface area contributed by atoms with E-state index in [0.717, 1.165) is 11.3 Å². The Hall–Kier alpha value is -1.87. The van der Waals surface area contributed by atoms with Crippen LogP contribution in [0, 0.1) is 13.8 Å². The topological polar surface area (TPSA) is 42.4 Å². The zero-order valence-electron chi connectivity index (χ0n) is 10.8. The molecular formula is C15H17NO2. The van der Waals surface area contributed by atoms with Crippen molar-refractivity contribution in [2.75, 3.05) is 0 Å². The molecule has 1 N–H and O–H groups in total. The zero-order valence-corrected chi connectivity index (χ0v) is 10.8. The summed E-state index contributed by atoms with van der Waals surface area (Å²) in [6.45, 7) is 5.75. The van der Waals surface area contributed by atoms with Crippen LogP contribution < -0.4 is 4.74 Å². The van der Waals surface area contributed by atoms with E-state index in [0.29, 0.717) is 11.4 Å². The van der Waals surface area contributed by atoms with Crippen LogP contribution in [0.25, 0.3) is 0 Å². The molecule has 0 amide bonds. The van der Waals surface area contributed by atoms with Crippen molar-refractivity contribution in [3.63, 3.8) is 0 Å². The molecule has 2 aromatic rings. The molecule has 1 aromatic carbocycles. The second-order valence-electron chi connectivity index (χ2n) is 4.47. The van der Waals surface area contributed by atoms with E-state index in [1.807, 2.05) is 25.1 Å². The first-order valence-electron chi connectivity index (χ1n) is 5.95. The third-order valence-electron chi connectivity index (χ3n) is 2.75. The Morgan fingerprint density at radius 1 is 1.17 bits per heavy atom. The lowest BCUT2D eigenvalue weighted by molar-refractivity contribution is 0.194. The van der Waals surface area contributed by atoms with Crippen LogP contribution in [0.2, 0.25) is 0 Å². The SMILES string of the molecule is Cc1ccc(Oc2ccc(C(C)O)nc2)c(C)c1. The number of ether oxygens (including phenoxy) is 1. The van der Waals surface area contributed by atoms with Crippen molar-refractivity contribution >= 4 is 0 Å². The molecule has 1 atom stereocenters. The van der Waals surface area contributed by atoms with Crippen LogP contribution in [0.15, 0.2) is 36.5 Å². The summed E-state index contributed by atoms with van der Waals surface area (Å²) in [4.78, 5) is 4.15. The molecule has 94 valence electrons. The van der Waals surface area contributed by atoms with Crippen LogP contribution in [-0.2, 0) is 0 Å². The highest BCUT2D eigenvalue weighted by molar-refractivity contribution is 5.38. The Labute approximate surface area is 107 Å². The van der Waals surface area contributed by atoms with Gasteiger partial charge in [-0.3, -0.25) is 4.98 Å². The number of benzene rings is 1. The number of aliphatic hydroxyl groups is 1. The van der Waals surface area contributed by atoms with Crippen molar-refractivity contribution in [3.8, 4) is 11.5 Å². The summed E-state index contributed by atoms with van der Waals surface area (Å²) in [5.41, 5.74) is 2.94. The van der Waals surface area contributed by atoms with E-state index in [2.05, 4.69) is 18.0 Å². The maximum atomic E-state index is 9.38. The van der Waals surface area contributed by atoms with Crippen molar-refractivity contribution in [3.05, 3.63) is 53.3 Å². The fourth-order valence-corrected chi connectivity index (χ4v) is 1.74. The first kappa shape index (κ1) is 12.6. The van der Waals surface area contributed by atoms with Gasteiger partial charge in [-0.15, -0.1) is 0 Å². The van der Waals surface area contributed by atoms with E-state index in [1.54, 1.807) is 19.2 Å². The molecule has 0 bridgehead atoms. The fraction of sp³-hybridized carbons (Fsp3) is 0.267. The molecule has 0 aliphatic carbocycles. The summed E-state index contributed by atoms with van der Waals surface area (Å²) in [7, 11) is 0. The number of pyridine rings is 1. The van der Waals surface area contributed by atoms with Crippen LogP contribution >= 0.6 is 0 Å². The van der Waals surface area contributed by atoms with E-state index >= 15 is 0 Å². The van der Waals surface area contributed by atoms with E-state index in [1.165, 1.54) is 5.56 Å². The van der Waals surface area contributed by atoms with Crippen molar-refractivity contribution in [2.24, 2.45) is 0 Å². The smallest absolute Gasteiger partial charge is 0.145 e. The highest BCUT2D eigenvalue weighted by Crippen LogP contribution is 2.25. The summed E-state index contributed by atoms with van der Waals surface area (Å²) >= 11 is 0. The summed E-state index contributed by atoms with van der Waals surface area (Å²) in [5.74, 6) is 1.50. The van der Waals surface area contributed by atoms with Gasteiger partial charge in [0, 0.05) is 0 Å². The number of aliphatic hydroxyl groups excluding tert-OH is 1. The fourth-order valence-electron chi connectivity index (χ4n) is 1.74. The van der Waals surface area contributed by atoms with Crippen molar-refractivity contribution < 1.29 is 9.84 Å². The number of aryl methyl sites for hydroxylation is 2. The summed E-state index contributed by atoms with van der Waals surface area (Å²) < 4.78 is 5.75. The summed E-state index contributed by atoms with van der Waals surface area (Å²) in [6.07, 6.45) is 1.07. The largest absolute Gasteiger partial charge is 0.455 e. The number of aromatic nitrogens is 1. The maximum Gasteiger partial charge on any atom is 0.145 e. The molecule has 3 nitrogen and oxygen atoms in total. The van der Waals surface area contributed by atoms with Crippen LogP contribution in [0.3, 0.4) is 0 Å². The lowest BCUT2D eigenvalue weighted by Gasteiger charge is -2.10. The lowest BCUT2D eigenvalue weighted by Crippen LogP contribution is -1.95. The Morgan fingerprint density at radius 3 is 2.50 bits per heavy atom. The number of hydrogen-bond acceptors (Lipinski definition) is 3. The van der Waals surface area contributed by atoms with Gasteiger partial charge in [-0.1, -0.05) is 17.7 Å². The second-order valence-corrected chi connectivity index (χ2v) is 4.47. The van der Waals surface area contributed by atoms with E-state index < -0.39 is 6.10 Å². The van der Waals surface area contributed by atoms with E-state index in [4.69, 9.17) is 4.74 Å². The number of rotatable bonds is 3. The molecule has 0 aliphatic heterocycles. The Morgan fingerprint density at radius 2 is 1.94 bits per heavy atom. The van der Waals surface area contributed by atoms with Crippen LogP contribution in [-0.4, -0.2) is 10.1 Å². The third-order valence-corrected chi connectivity index (χ3v) is 2.75. The van der Waals surface area contributed by atoms with Crippen LogP contribution in [0.4, 0.5) is 0 Å². The van der Waals surface area contributed by atoms with Crippen LogP contribution in [0.5, 0.6) is 11.5 Å². The van der Waals surface area contributed by atoms with Gasteiger partial charge in [0.25, 0.3) is 0 Å². The van der Waals surface area contributed by atoms with Gasteiger partial charge < -0.3 is 9.84 Å². The molecule has 1 unspecified atom stereocenters. The predicted molar refractivity (Wildman–Crippen MR) is 70.9 cm³/mol. The molecule has 0 radical (unpaired) electrons. The summed E-state index contributed by atoms with van der Waals surface area (Å²) in [5, 5.41) is 9.38. The van der Waals surface area contributed by atoms with Gasteiger partial charge in [0.1, 0.15) is 11.5 Å². The normalized spacial score (nSPS) is 12.2. The molecule has 3 heteroatoms. The minimum atomic E-state index is -0.555. The van der Waals surface area contributed by atoms with Gasteiger partial charge in [-0.2, -0.15) is 0 Å². The average Bonchev–Trinajstić information content (AvgIpc) is 2.33. The van der Waals surface area contributed by atoms with Gasteiger partial charge >= 0.3 is 0 Å². The molecule has 0 saturated heterocycles. The monoisotopic (exact) mass is 243 g/mol. The van der Waals surface area contributed by atoms with Gasteiger partial charge in [-0.05, 0) is 44.5 Å². The molecule has 18 heavy (non-hydrogen) atoms. The number of hydrogen-bond donors (Lipinski definition) is 1. The van der Waals surface area contributed by atoms with Crippen LogP contribution in [0.1, 0.15) is 29.8 Å². The summed E-state index contributed by atoms with van der Waals surface area (Å²) in [6, 6.07) is 9.62. The van der Waals surface area contributed by atoms with E-state index in [-0.39, 0.29) is 0 Å². The first-order valence-corrected chi connectivity index (χ1v) is 5.95. The van der Waals surface area contributed by atoms with Gasteiger partial charge in [0.2, 0.25) is 0 Å². The molecular weight excluding hydrogens is 226 g/mol. The quantitative estimate of drug-likeness (QED) is 0.896. The minimum Gasteiger partial charge on any atom is -0.455 e. The van der Waals surface area contributed by atoms with Crippen molar-refractivity contribution in [1.29, 1.82) is 0 Å². The van der Waals surface area contributed by atoms with Crippen molar-refractivity contribution in [1.82, 2.24) is 4.98 Å². The lowest BCUT2D eigenvalue weighted by atomic mass is 10.1. The maximum absolute atomic E-state index is 9.38. The van der Waals surface area contributed by atoms with Gasteiger partial charge in [-0.25, -0.2) is 0 Å². The molecule has 0 fully saturated rings. The Balaban J connectivity index is 2.18. The average molecular weight is 243 g/mol. The second kappa shape index (κ2) is 5.19. The zero-order chi connectivity index (χ0) is 13.1. The number of nitrogens with zero attached hydrogens (tertiary/aromatic N) is 1. The molecule has 2 rings (SSSR count). The van der Waals surface area contributed by atoms with E-state index in [9.17, 15) is 5.11 Å². The molecule has 0 spiro atoms. The molecule has 1 aromatic heterocycles. The predicted octanol–water partition coefficient (Wildman–Crippen LogP) is 3.54. The first-order chi connectivity index (χ1) is 8.56. The molecule has 0 aliphatic rings. The Bertz CT molecular complexity index is 533. The highest BCUT2D eigenvalue weighted by atomic mass is 16.5. The third kappa shape index (κ3) is 2.87.